The highest BCUT2D eigenvalue weighted by atomic mass is 127. The molecule has 1 aromatic carbocycles. The van der Waals surface area contributed by atoms with Gasteiger partial charge in [0.25, 0.3) is 0 Å². The lowest BCUT2D eigenvalue weighted by Crippen LogP contribution is -2.05. The average Bonchev–Trinajstić information content (AvgIpc) is 2.80. The van der Waals surface area contributed by atoms with Gasteiger partial charge in [-0.25, -0.2) is 0 Å². The van der Waals surface area contributed by atoms with E-state index < -0.39 is 5.97 Å². The molecule has 19 heavy (non-hydrogen) atoms. The van der Waals surface area contributed by atoms with Gasteiger partial charge in [-0.05, 0) is 46.9 Å². The Kier molecular flexibility index (Phi) is 4.77. The summed E-state index contributed by atoms with van der Waals surface area (Å²) in [4.78, 5) is 10.6. The van der Waals surface area contributed by atoms with Gasteiger partial charge in [0, 0.05) is 9.26 Å². The Morgan fingerprint density at radius 2 is 2.00 bits per heavy atom. The molecule has 0 amide bonds. The third-order valence-corrected chi connectivity index (χ3v) is 3.88. The molecule has 2 aromatic rings. The number of aliphatic hydroxyl groups is 1. The molecular formula is C11H10IN3O3S. The van der Waals surface area contributed by atoms with E-state index in [1.807, 2.05) is 24.3 Å². The largest absolute Gasteiger partial charge is 0.481 e. The summed E-state index contributed by atoms with van der Waals surface area (Å²) in [5, 5.41) is 26.2. The molecule has 1 aromatic heterocycles. The fourth-order valence-corrected chi connectivity index (χ4v) is 2.52. The number of aliphatic carboxylic acids is 1. The van der Waals surface area contributed by atoms with Crippen molar-refractivity contribution >= 4 is 40.3 Å². The number of benzene rings is 1. The third-order valence-electron chi connectivity index (χ3n) is 2.25. The van der Waals surface area contributed by atoms with Crippen molar-refractivity contribution in [3.05, 3.63) is 33.7 Å². The van der Waals surface area contributed by atoms with Crippen LogP contribution in [0.25, 0.3) is 5.69 Å². The number of rotatable bonds is 5. The Morgan fingerprint density at radius 1 is 1.32 bits per heavy atom. The van der Waals surface area contributed by atoms with Crippen molar-refractivity contribution in [2.45, 2.75) is 11.8 Å². The van der Waals surface area contributed by atoms with Crippen molar-refractivity contribution < 1.29 is 15.0 Å². The fourth-order valence-electron chi connectivity index (χ4n) is 1.47. The Morgan fingerprint density at radius 3 is 2.58 bits per heavy atom. The molecule has 0 bridgehead atoms. The second-order valence-corrected chi connectivity index (χ2v) is 5.74. The number of hydrogen-bond donors (Lipinski definition) is 2. The van der Waals surface area contributed by atoms with Gasteiger partial charge in [-0.3, -0.25) is 9.36 Å². The van der Waals surface area contributed by atoms with Gasteiger partial charge >= 0.3 is 5.97 Å². The zero-order valence-electron chi connectivity index (χ0n) is 9.65. The third kappa shape index (κ3) is 3.45. The normalized spacial score (nSPS) is 10.6. The summed E-state index contributed by atoms with van der Waals surface area (Å²) in [5.74, 6) is -0.643. The molecule has 2 rings (SSSR count). The molecule has 0 aliphatic rings. The Bertz CT molecular complexity index is 585. The molecule has 0 radical (unpaired) electrons. The molecule has 0 saturated heterocycles. The number of hydrogen-bond acceptors (Lipinski definition) is 5. The van der Waals surface area contributed by atoms with Crippen LogP contribution in [-0.2, 0) is 11.4 Å². The lowest BCUT2D eigenvalue weighted by Gasteiger charge is -2.08. The van der Waals surface area contributed by atoms with Crippen LogP contribution in [0.3, 0.4) is 0 Å². The van der Waals surface area contributed by atoms with Gasteiger partial charge in [0.2, 0.25) is 0 Å². The molecule has 6 nitrogen and oxygen atoms in total. The highest BCUT2D eigenvalue weighted by molar-refractivity contribution is 14.1. The molecule has 0 fully saturated rings. The number of thioether (sulfide) groups is 1. The minimum Gasteiger partial charge on any atom is -0.481 e. The average molecular weight is 391 g/mol. The second kappa shape index (κ2) is 6.35. The minimum atomic E-state index is -0.923. The number of carboxylic acid groups (broad SMARTS) is 1. The van der Waals surface area contributed by atoms with E-state index in [0.717, 1.165) is 21.0 Å². The summed E-state index contributed by atoms with van der Waals surface area (Å²) in [6.45, 7) is -0.257. The first-order chi connectivity index (χ1) is 9.11. The van der Waals surface area contributed by atoms with E-state index in [1.54, 1.807) is 4.57 Å². The maximum Gasteiger partial charge on any atom is 0.313 e. The molecule has 2 N–H and O–H groups in total. The molecule has 0 saturated carbocycles. The fraction of sp³-hybridized carbons (Fsp3) is 0.182. The van der Waals surface area contributed by atoms with Crippen molar-refractivity contribution in [1.29, 1.82) is 0 Å². The van der Waals surface area contributed by atoms with Crippen LogP contribution in [0.2, 0.25) is 0 Å². The first-order valence-corrected chi connectivity index (χ1v) is 7.34. The molecule has 0 aliphatic carbocycles. The van der Waals surface area contributed by atoms with Crippen LogP contribution in [0.1, 0.15) is 5.82 Å². The first-order valence-electron chi connectivity index (χ1n) is 5.27. The van der Waals surface area contributed by atoms with E-state index in [1.165, 1.54) is 0 Å². The topological polar surface area (TPSA) is 88.2 Å². The van der Waals surface area contributed by atoms with Gasteiger partial charge in [0.1, 0.15) is 6.61 Å². The quantitative estimate of drug-likeness (QED) is 0.594. The van der Waals surface area contributed by atoms with Crippen molar-refractivity contribution in [2.75, 3.05) is 5.75 Å². The maximum absolute atomic E-state index is 10.6. The molecule has 0 atom stereocenters. The van der Waals surface area contributed by atoms with Crippen molar-refractivity contribution in [1.82, 2.24) is 14.8 Å². The smallest absolute Gasteiger partial charge is 0.313 e. The molecular weight excluding hydrogens is 381 g/mol. The number of aromatic nitrogens is 3. The van der Waals surface area contributed by atoms with Crippen molar-refractivity contribution in [2.24, 2.45) is 0 Å². The van der Waals surface area contributed by atoms with Gasteiger partial charge in [-0.2, -0.15) is 0 Å². The van der Waals surface area contributed by atoms with Gasteiger partial charge in [0.15, 0.2) is 11.0 Å². The molecule has 1 heterocycles. The van der Waals surface area contributed by atoms with E-state index in [-0.39, 0.29) is 12.4 Å². The number of nitrogens with zero attached hydrogens (tertiary/aromatic N) is 3. The highest BCUT2D eigenvalue weighted by Crippen LogP contribution is 2.22. The SMILES string of the molecule is O=C(O)CSc1nnc(CO)n1-c1ccc(I)cc1. The molecule has 100 valence electrons. The summed E-state index contributed by atoms with van der Waals surface area (Å²) in [7, 11) is 0. The number of carbonyl (C=O) groups is 1. The van der Waals surface area contributed by atoms with E-state index in [2.05, 4.69) is 32.8 Å². The highest BCUT2D eigenvalue weighted by Gasteiger charge is 2.14. The van der Waals surface area contributed by atoms with E-state index in [0.29, 0.717) is 11.0 Å². The van der Waals surface area contributed by atoms with Crippen LogP contribution in [-0.4, -0.2) is 36.7 Å². The van der Waals surface area contributed by atoms with Crippen LogP contribution < -0.4 is 0 Å². The van der Waals surface area contributed by atoms with Crippen molar-refractivity contribution in [3.8, 4) is 5.69 Å². The van der Waals surface area contributed by atoms with Gasteiger partial charge in [0.05, 0.1) is 5.75 Å². The molecule has 0 spiro atoms. The van der Waals surface area contributed by atoms with E-state index >= 15 is 0 Å². The Hall–Kier alpha value is -1.13. The zero-order valence-corrected chi connectivity index (χ0v) is 12.6. The number of aliphatic hydroxyl groups excluding tert-OH is 1. The summed E-state index contributed by atoms with van der Waals surface area (Å²) >= 11 is 3.26. The van der Waals surface area contributed by atoms with E-state index in [9.17, 15) is 9.90 Å². The van der Waals surface area contributed by atoms with Crippen LogP contribution >= 0.6 is 34.4 Å². The zero-order chi connectivity index (χ0) is 13.8. The molecule has 0 aliphatic heterocycles. The molecule has 8 heteroatoms. The first kappa shape index (κ1) is 14.3. The predicted octanol–water partition coefficient (Wildman–Crippen LogP) is 1.54. The second-order valence-electron chi connectivity index (χ2n) is 3.55. The predicted molar refractivity (Wildman–Crippen MR) is 78.4 cm³/mol. The van der Waals surface area contributed by atoms with Crippen LogP contribution in [0.5, 0.6) is 0 Å². The monoisotopic (exact) mass is 391 g/mol. The van der Waals surface area contributed by atoms with E-state index in [4.69, 9.17) is 5.11 Å². The minimum absolute atomic E-state index is 0.103. The van der Waals surface area contributed by atoms with Gasteiger partial charge in [-0.1, -0.05) is 11.8 Å². The summed E-state index contributed by atoms with van der Waals surface area (Å²) in [5.41, 5.74) is 0.794. The van der Waals surface area contributed by atoms with Gasteiger partial charge < -0.3 is 10.2 Å². The van der Waals surface area contributed by atoms with Crippen molar-refractivity contribution in [3.63, 3.8) is 0 Å². The standard InChI is InChI=1S/C11H10IN3O3S/c12-7-1-3-8(4-2-7)15-9(5-16)13-14-11(15)19-6-10(17)18/h1-4,16H,5-6H2,(H,17,18). The van der Waals surface area contributed by atoms with Gasteiger partial charge in [-0.15, -0.1) is 10.2 Å². The lowest BCUT2D eigenvalue weighted by molar-refractivity contribution is -0.133. The number of halogens is 1. The summed E-state index contributed by atoms with van der Waals surface area (Å²) in [6.07, 6.45) is 0. The summed E-state index contributed by atoms with van der Waals surface area (Å²) < 4.78 is 2.74. The maximum atomic E-state index is 10.6. The Labute approximate surface area is 127 Å². The number of carboxylic acids is 1. The summed E-state index contributed by atoms with van der Waals surface area (Å²) in [6, 6.07) is 7.58. The lowest BCUT2D eigenvalue weighted by atomic mass is 10.3. The Balaban J connectivity index is 2.38. The van der Waals surface area contributed by atoms with Crippen LogP contribution in [0, 0.1) is 3.57 Å². The van der Waals surface area contributed by atoms with Crippen LogP contribution in [0.4, 0.5) is 0 Å². The van der Waals surface area contributed by atoms with Crippen LogP contribution in [0.15, 0.2) is 29.4 Å². The molecule has 0 unspecified atom stereocenters.